The summed E-state index contributed by atoms with van der Waals surface area (Å²) in [5, 5.41) is 108. The van der Waals surface area contributed by atoms with Gasteiger partial charge in [-0.1, -0.05) is 0 Å². The number of aldehydes is 1. The van der Waals surface area contributed by atoms with Gasteiger partial charge >= 0.3 is 0 Å². The van der Waals surface area contributed by atoms with Gasteiger partial charge in [-0.15, -0.1) is 0 Å². The van der Waals surface area contributed by atoms with Crippen LogP contribution >= 0.6 is 0 Å². The Balaban J connectivity index is 2.10. The average molecular weight is 504 g/mol. The van der Waals surface area contributed by atoms with Crippen molar-refractivity contribution < 1.29 is 79.9 Å². The Kier molecular flexibility index (Phi) is 11.1. The molecule has 2 heterocycles. The van der Waals surface area contributed by atoms with E-state index in [-0.39, 0.29) is 6.29 Å². The summed E-state index contributed by atoms with van der Waals surface area (Å²) in [5.74, 6) is 0. The van der Waals surface area contributed by atoms with Crippen molar-refractivity contribution in [1.29, 1.82) is 0 Å². The third-order valence-corrected chi connectivity index (χ3v) is 5.63. The van der Waals surface area contributed by atoms with Crippen molar-refractivity contribution in [1.82, 2.24) is 0 Å². The zero-order valence-electron chi connectivity index (χ0n) is 17.7. The highest BCUT2D eigenvalue weighted by molar-refractivity contribution is 5.56. The number of carbonyl (C=O) groups is 1. The second kappa shape index (κ2) is 12.9. The first-order valence-corrected chi connectivity index (χ1v) is 10.4. The third kappa shape index (κ3) is 6.44. The van der Waals surface area contributed by atoms with Crippen LogP contribution in [0.5, 0.6) is 0 Å². The van der Waals surface area contributed by atoms with Crippen LogP contribution in [0.15, 0.2) is 0 Å². The fraction of sp³-hybridized carbons (Fsp3) is 0.944. The summed E-state index contributed by atoms with van der Waals surface area (Å²) in [5.41, 5.74) is 0. The van der Waals surface area contributed by atoms with E-state index in [0.717, 1.165) is 0 Å². The van der Waals surface area contributed by atoms with Gasteiger partial charge in [0.05, 0.1) is 19.8 Å². The first-order chi connectivity index (χ1) is 16.0. The predicted octanol–water partition coefficient (Wildman–Crippen LogP) is -7.73. The Morgan fingerprint density at radius 1 is 0.765 bits per heavy atom. The van der Waals surface area contributed by atoms with E-state index in [4.69, 9.17) is 24.1 Å². The summed E-state index contributed by atoms with van der Waals surface area (Å²) < 4.78 is 20.9. The standard InChI is InChI=1S/C18H32O16/c19-1-5(22)9(24)16(6(23)2-20)34-18-15(30)13(28)11(26)8(33-18)4-31-17-14(29)12(27)10(25)7(3-21)32-17/h1,5-18,20-30H,2-4H2. The van der Waals surface area contributed by atoms with Crippen molar-refractivity contribution in [3.63, 3.8) is 0 Å². The molecule has 14 atom stereocenters. The maximum absolute atomic E-state index is 10.8. The number of aliphatic hydroxyl groups is 11. The summed E-state index contributed by atoms with van der Waals surface area (Å²) >= 11 is 0. The SMILES string of the molecule is O=CC(O)C(O)C(OC1OC(COC2OC(CO)C(O)C(O)C2O)C(O)C(O)C1O)C(O)CO. The maximum atomic E-state index is 10.8. The fourth-order valence-electron chi connectivity index (χ4n) is 3.49. The second-order valence-corrected chi connectivity index (χ2v) is 8.01. The van der Waals surface area contributed by atoms with Crippen LogP contribution in [0.4, 0.5) is 0 Å². The van der Waals surface area contributed by atoms with Gasteiger partial charge in [-0.3, -0.25) is 0 Å². The van der Waals surface area contributed by atoms with E-state index in [0.29, 0.717) is 0 Å². The van der Waals surface area contributed by atoms with E-state index in [9.17, 15) is 55.9 Å². The largest absolute Gasteiger partial charge is 0.394 e. The minimum absolute atomic E-state index is 0.0704. The molecule has 2 fully saturated rings. The van der Waals surface area contributed by atoms with Crippen LogP contribution in [0, 0.1) is 0 Å². The first-order valence-electron chi connectivity index (χ1n) is 10.4. The molecule has 0 saturated carbocycles. The molecule has 14 unspecified atom stereocenters. The van der Waals surface area contributed by atoms with Crippen LogP contribution in [0.25, 0.3) is 0 Å². The summed E-state index contributed by atoms with van der Waals surface area (Å²) in [6, 6.07) is 0. The normalized spacial score (nSPS) is 42.6. The molecule has 2 rings (SSSR count). The molecule has 34 heavy (non-hydrogen) atoms. The van der Waals surface area contributed by atoms with Crippen LogP contribution in [0.2, 0.25) is 0 Å². The van der Waals surface area contributed by atoms with Crippen molar-refractivity contribution >= 4 is 6.29 Å². The number of ether oxygens (including phenoxy) is 4. The molecule has 0 amide bonds. The zero-order chi connectivity index (χ0) is 25.7. The number of hydrogen-bond donors (Lipinski definition) is 11. The molecule has 2 aliphatic rings. The summed E-state index contributed by atoms with van der Waals surface area (Å²) in [4.78, 5) is 10.8. The lowest BCUT2D eigenvalue weighted by Gasteiger charge is -2.43. The topological polar surface area (TPSA) is 277 Å². The van der Waals surface area contributed by atoms with Gasteiger partial charge < -0.3 is 79.9 Å². The van der Waals surface area contributed by atoms with Crippen LogP contribution in [-0.2, 0) is 23.7 Å². The number of carbonyl (C=O) groups excluding carboxylic acids is 1. The Morgan fingerprint density at radius 3 is 1.82 bits per heavy atom. The van der Waals surface area contributed by atoms with Gasteiger partial charge in [-0.05, 0) is 0 Å². The van der Waals surface area contributed by atoms with Gasteiger partial charge in [0, 0.05) is 0 Å². The lowest BCUT2D eigenvalue weighted by atomic mass is 9.98. The monoisotopic (exact) mass is 504 g/mol. The van der Waals surface area contributed by atoms with Crippen LogP contribution in [0.3, 0.4) is 0 Å². The molecule has 0 radical (unpaired) electrons. The molecule has 2 saturated heterocycles. The Morgan fingerprint density at radius 2 is 1.29 bits per heavy atom. The van der Waals surface area contributed by atoms with E-state index in [1.54, 1.807) is 0 Å². The Hall–Kier alpha value is -0.930. The number of hydrogen-bond acceptors (Lipinski definition) is 16. The Bertz CT molecular complexity index is 623. The van der Waals surface area contributed by atoms with E-state index >= 15 is 0 Å². The van der Waals surface area contributed by atoms with E-state index in [1.165, 1.54) is 0 Å². The van der Waals surface area contributed by atoms with Gasteiger partial charge in [0.25, 0.3) is 0 Å². The molecule has 11 N–H and O–H groups in total. The molecular formula is C18H32O16. The quantitative estimate of drug-likeness (QED) is 0.117. The lowest BCUT2D eigenvalue weighted by Crippen LogP contribution is -2.63. The molecule has 0 aromatic rings. The highest BCUT2D eigenvalue weighted by atomic mass is 16.7. The smallest absolute Gasteiger partial charge is 0.187 e. The average Bonchev–Trinajstić information content (AvgIpc) is 2.84. The van der Waals surface area contributed by atoms with Crippen molar-refractivity contribution in [3.05, 3.63) is 0 Å². The van der Waals surface area contributed by atoms with Gasteiger partial charge in [-0.25, -0.2) is 0 Å². The van der Waals surface area contributed by atoms with Gasteiger partial charge in [0.1, 0.15) is 73.2 Å². The third-order valence-electron chi connectivity index (χ3n) is 5.63. The minimum Gasteiger partial charge on any atom is -0.394 e. The summed E-state index contributed by atoms with van der Waals surface area (Å²) in [7, 11) is 0. The van der Waals surface area contributed by atoms with Gasteiger partial charge in [0.15, 0.2) is 18.9 Å². The first kappa shape index (κ1) is 29.3. The number of rotatable bonds is 11. The summed E-state index contributed by atoms with van der Waals surface area (Å²) in [6.45, 7) is -2.39. The highest BCUT2D eigenvalue weighted by Crippen LogP contribution is 2.27. The lowest BCUT2D eigenvalue weighted by molar-refractivity contribution is -0.343. The number of aliphatic hydroxyl groups excluding tert-OH is 11. The summed E-state index contributed by atoms with van der Waals surface area (Å²) in [6.07, 6.45) is -25.1. The van der Waals surface area contributed by atoms with E-state index in [1.807, 2.05) is 0 Å². The Labute approximate surface area is 192 Å². The van der Waals surface area contributed by atoms with Crippen molar-refractivity contribution in [2.75, 3.05) is 19.8 Å². The zero-order valence-corrected chi connectivity index (χ0v) is 17.7. The molecule has 0 bridgehead atoms. The molecular weight excluding hydrogens is 472 g/mol. The molecule has 0 aromatic heterocycles. The van der Waals surface area contributed by atoms with E-state index in [2.05, 4.69) is 0 Å². The molecule has 0 aromatic carbocycles. The molecule has 16 nitrogen and oxygen atoms in total. The minimum atomic E-state index is -2.08. The molecule has 0 aliphatic carbocycles. The molecule has 2 aliphatic heterocycles. The highest BCUT2D eigenvalue weighted by Gasteiger charge is 2.49. The maximum Gasteiger partial charge on any atom is 0.187 e. The second-order valence-electron chi connectivity index (χ2n) is 8.01. The van der Waals surface area contributed by atoms with Crippen LogP contribution < -0.4 is 0 Å². The van der Waals surface area contributed by atoms with Gasteiger partial charge in [0.2, 0.25) is 0 Å². The van der Waals surface area contributed by atoms with E-state index < -0.39 is 106 Å². The molecule has 0 spiro atoms. The van der Waals surface area contributed by atoms with Crippen LogP contribution in [-0.4, -0.2) is 168 Å². The van der Waals surface area contributed by atoms with Crippen molar-refractivity contribution in [3.8, 4) is 0 Å². The molecule has 200 valence electrons. The fourth-order valence-corrected chi connectivity index (χ4v) is 3.49. The predicted molar refractivity (Wildman–Crippen MR) is 102 cm³/mol. The van der Waals surface area contributed by atoms with Gasteiger partial charge in [-0.2, -0.15) is 0 Å². The van der Waals surface area contributed by atoms with Crippen molar-refractivity contribution in [2.45, 2.75) is 85.8 Å². The van der Waals surface area contributed by atoms with Crippen molar-refractivity contribution in [2.24, 2.45) is 0 Å². The molecule has 16 heteroatoms. The van der Waals surface area contributed by atoms with Crippen LogP contribution in [0.1, 0.15) is 0 Å².